The van der Waals surface area contributed by atoms with E-state index < -0.39 is 0 Å². The first-order valence-corrected chi connectivity index (χ1v) is 10.6. The molecule has 0 fully saturated rings. The van der Waals surface area contributed by atoms with E-state index in [2.05, 4.69) is 18.8 Å². The molecule has 0 N–H and O–H groups in total. The number of ether oxygens (including phenoxy) is 1. The predicted octanol–water partition coefficient (Wildman–Crippen LogP) is 4.54. The normalized spacial score (nSPS) is 14.5. The summed E-state index contributed by atoms with van der Waals surface area (Å²) in [5, 5.41) is 0.184. The van der Waals surface area contributed by atoms with E-state index >= 15 is 0 Å². The first-order chi connectivity index (χ1) is 13.9. The van der Waals surface area contributed by atoms with E-state index in [9.17, 15) is 9.59 Å². The Balaban J connectivity index is 1.89. The molecular weight excluding hydrogens is 384 g/mol. The Morgan fingerprint density at radius 1 is 1.03 bits per heavy atom. The molecule has 29 heavy (non-hydrogen) atoms. The number of nitrogens with zero attached hydrogens (tertiary/aromatic N) is 2. The van der Waals surface area contributed by atoms with Gasteiger partial charge in [-0.25, -0.2) is 0 Å². The summed E-state index contributed by atoms with van der Waals surface area (Å²) >= 11 is 1.43. The molecule has 0 spiro atoms. The summed E-state index contributed by atoms with van der Waals surface area (Å²) in [5.41, 5.74) is 2.02. The van der Waals surface area contributed by atoms with Gasteiger partial charge in [0.05, 0.1) is 23.6 Å². The number of carbonyl (C=O) groups excluding carboxylic acids is 2. The van der Waals surface area contributed by atoms with Crippen molar-refractivity contribution >= 4 is 29.1 Å². The van der Waals surface area contributed by atoms with E-state index in [0.717, 1.165) is 16.9 Å². The second-order valence-corrected chi connectivity index (χ2v) is 9.24. The van der Waals surface area contributed by atoms with E-state index in [1.165, 1.54) is 16.7 Å². The SMILES string of the molecule is CC(C)COc1ccc(C2=C(SC(C)C)C(=O)N(Cc3cccnc3)C2=O)cc1. The molecule has 0 atom stereocenters. The van der Waals surface area contributed by atoms with Gasteiger partial charge >= 0.3 is 0 Å². The highest BCUT2D eigenvalue weighted by atomic mass is 32.2. The molecule has 0 unspecified atom stereocenters. The fourth-order valence-corrected chi connectivity index (χ4v) is 3.96. The molecule has 5 nitrogen and oxygen atoms in total. The fourth-order valence-electron chi connectivity index (χ4n) is 2.95. The standard InChI is InChI=1S/C23H26N2O3S/c1-15(2)14-28-19-9-7-18(8-10-19)20-21(29-16(3)4)23(27)25(22(20)26)13-17-6-5-11-24-12-17/h5-12,15-16H,13-14H2,1-4H3. The third-order valence-electron chi connectivity index (χ3n) is 4.27. The van der Waals surface area contributed by atoms with Crippen molar-refractivity contribution < 1.29 is 14.3 Å². The Bertz CT molecular complexity index is 905. The van der Waals surface area contributed by atoms with Crippen LogP contribution in [0.15, 0.2) is 53.7 Å². The van der Waals surface area contributed by atoms with E-state index in [1.807, 2.05) is 44.2 Å². The Morgan fingerprint density at radius 3 is 2.34 bits per heavy atom. The van der Waals surface area contributed by atoms with Crippen LogP contribution < -0.4 is 4.74 Å². The molecule has 0 saturated carbocycles. The molecule has 1 aliphatic rings. The second kappa shape index (κ2) is 9.27. The number of rotatable bonds is 8. The molecule has 1 aromatic carbocycles. The highest BCUT2D eigenvalue weighted by molar-refractivity contribution is 8.04. The fraction of sp³-hybridized carbons (Fsp3) is 0.348. The molecule has 152 valence electrons. The summed E-state index contributed by atoms with van der Waals surface area (Å²) in [6.07, 6.45) is 3.35. The van der Waals surface area contributed by atoms with Crippen molar-refractivity contribution in [1.82, 2.24) is 9.88 Å². The van der Waals surface area contributed by atoms with E-state index in [1.54, 1.807) is 18.5 Å². The highest BCUT2D eigenvalue weighted by Gasteiger charge is 2.39. The van der Waals surface area contributed by atoms with Crippen LogP contribution in [0, 0.1) is 5.92 Å². The molecule has 2 heterocycles. The van der Waals surface area contributed by atoms with Gasteiger partial charge in [0.2, 0.25) is 0 Å². The second-order valence-electron chi connectivity index (χ2n) is 7.66. The van der Waals surface area contributed by atoms with Crippen molar-refractivity contribution in [2.45, 2.75) is 39.5 Å². The van der Waals surface area contributed by atoms with Gasteiger partial charge in [-0.1, -0.05) is 45.9 Å². The van der Waals surface area contributed by atoms with Gasteiger partial charge < -0.3 is 4.74 Å². The van der Waals surface area contributed by atoms with Gasteiger partial charge in [-0.3, -0.25) is 19.5 Å². The zero-order chi connectivity index (χ0) is 21.0. The third-order valence-corrected chi connectivity index (χ3v) is 5.35. The van der Waals surface area contributed by atoms with Crippen molar-refractivity contribution in [2.24, 2.45) is 5.92 Å². The van der Waals surface area contributed by atoms with Crippen LogP contribution in [0.1, 0.15) is 38.8 Å². The van der Waals surface area contributed by atoms with Crippen LogP contribution in [0.3, 0.4) is 0 Å². The van der Waals surface area contributed by atoms with Crippen molar-refractivity contribution in [3.8, 4) is 5.75 Å². The Hall–Kier alpha value is -2.60. The average molecular weight is 411 g/mol. The molecule has 1 aromatic heterocycles. The summed E-state index contributed by atoms with van der Waals surface area (Å²) in [4.78, 5) is 32.1. The molecular formula is C23H26N2O3S. The molecule has 1 aliphatic heterocycles. The van der Waals surface area contributed by atoms with Crippen molar-refractivity contribution in [1.29, 1.82) is 0 Å². The van der Waals surface area contributed by atoms with Crippen molar-refractivity contribution in [3.05, 3.63) is 64.8 Å². The molecule has 0 aliphatic carbocycles. The van der Waals surface area contributed by atoms with Crippen LogP contribution >= 0.6 is 11.8 Å². The summed E-state index contributed by atoms with van der Waals surface area (Å²) in [7, 11) is 0. The lowest BCUT2D eigenvalue weighted by Crippen LogP contribution is -2.31. The van der Waals surface area contributed by atoms with Gasteiger partial charge in [-0.15, -0.1) is 11.8 Å². The van der Waals surface area contributed by atoms with Gasteiger partial charge in [0.1, 0.15) is 5.75 Å². The Labute approximate surface area is 176 Å². The van der Waals surface area contributed by atoms with Crippen LogP contribution in [0.2, 0.25) is 0 Å². The minimum absolute atomic E-state index is 0.184. The first-order valence-electron chi connectivity index (χ1n) is 9.76. The zero-order valence-electron chi connectivity index (χ0n) is 17.2. The van der Waals surface area contributed by atoms with Gasteiger partial charge in [0.15, 0.2) is 0 Å². The third kappa shape index (κ3) is 5.07. The maximum absolute atomic E-state index is 13.2. The summed E-state index contributed by atoms with van der Waals surface area (Å²) < 4.78 is 5.73. The molecule has 0 bridgehead atoms. The molecule has 3 rings (SSSR count). The lowest BCUT2D eigenvalue weighted by molar-refractivity contribution is -0.137. The predicted molar refractivity (Wildman–Crippen MR) is 116 cm³/mol. The van der Waals surface area contributed by atoms with Crippen molar-refractivity contribution in [2.75, 3.05) is 6.61 Å². The molecule has 0 saturated heterocycles. The lowest BCUT2D eigenvalue weighted by atomic mass is 10.1. The number of hydrogen-bond acceptors (Lipinski definition) is 5. The lowest BCUT2D eigenvalue weighted by Gasteiger charge is -2.15. The largest absolute Gasteiger partial charge is 0.493 e. The number of hydrogen-bond donors (Lipinski definition) is 0. The average Bonchev–Trinajstić information content (AvgIpc) is 2.91. The van der Waals surface area contributed by atoms with Crippen LogP contribution in [0.4, 0.5) is 0 Å². The summed E-state index contributed by atoms with van der Waals surface area (Å²) in [5.74, 6) is 0.678. The topological polar surface area (TPSA) is 59.5 Å². The Kier molecular flexibility index (Phi) is 6.75. The number of pyridine rings is 1. The maximum Gasteiger partial charge on any atom is 0.268 e. The van der Waals surface area contributed by atoms with Gasteiger partial charge in [-0.2, -0.15) is 0 Å². The van der Waals surface area contributed by atoms with Gasteiger partial charge in [-0.05, 0) is 35.2 Å². The summed E-state index contributed by atoms with van der Waals surface area (Å²) in [6, 6.07) is 11.1. The number of benzene rings is 1. The first kappa shape index (κ1) is 21.1. The number of thioether (sulfide) groups is 1. The highest BCUT2D eigenvalue weighted by Crippen LogP contribution is 2.38. The van der Waals surface area contributed by atoms with E-state index in [0.29, 0.717) is 23.0 Å². The monoisotopic (exact) mass is 410 g/mol. The minimum Gasteiger partial charge on any atom is -0.493 e. The quantitative estimate of drug-likeness (QED) is 0.598. The minimum atomic E-state index is -0.266. The smallest absolute Gasteiger partial charge is 0.268 e. The van der Waals surface area contributed by atoms with E-state index in [4.69, 9.17) is 4.74 Å². The number of amides is 2. The number of carbonyl (C=O) groups is 2. The molecule has 2 aromatic rings. The van der Waals surface area contributed by atoms with Crippen molar-refractivity contribution in [3.63, 3.8) is 0 Å². The Morgan fingerprint density at radius 2 is 1.76 bits per heavy atom. The summed E-state index contributed by atoms with van der Waals surface area (Å²) in [6.45, 7) is 9.06. The molecule has 2 amide bonds. The zero-order valence-corrected chi connectivity index (χ0v) is 18.0. The van der Waals surface area contributed by atoms with Crippen LogP contribution in [-0.2, 0) is 16.1 Å². The number of aromatic nitrogens is 1. The molecule has 6 heteroatoms. The van der Waals surface area contributed by atoms with Gasteiger partial charge in [0.25, 0.3) is 11.8 Å². The van der Waals surface area contributed by atoms with Gasteiger partial charge in [0, 0.05) is 17.6 Å². The van der Waals surface area contributed by atoms with Crippen LogP contribution in [-0.4, -0.2) is 33.6 Å². The number of imide groups is 1. The molecule has 0 radical (unpaired) electrons. The van der Waals surface area contributed by atoms with Crippen LogP contribution in [0.25, 0.3) is 5.57 Å². The van der Waals surface area contributed by atoms with E-state index in [-0.39, 0.29) is 23.6 Å². The maximum atomic E-state index is 13.2. The van der Waals surface area contributed by atoms with Crippen LogP contribution in [0.5, 0.6) is 5.75 Å².